The van der Waals surface area contributed by atoms with Crippen LogP contribution < -0.4 is 14.8 Å². The number of ether oxygens (including phenoxy) is 2. The van der Waals surface area contributed by atoms with Gasteiger partial charge < -0.3 is 19.7 Å². The molecule has 1 N–H and O–H groups in total. The quantitative estimate of drug-likeness (QED) is 0.873. The normalized spacial score (nSPS) is 10.2. The molecule has 0 saturated carbocycles. The zero-order chi connectivity index (χ0) is 17.5. The van der Waals surface area contributed by atoms with Gasteiger partial charge in [0.2, 0.25) is 0 Å². The first-order valence-electron chi connectivity index (χ1n) is 7.59. The molecule has 0 saturated heterocycles. The SMILES string of the molecule is CCN(Cc1cccc(F)c1)C(=O)Nc1cc(OC)cc(OC)c1. The van der Waals surface area contributed by atoms with Crippen molar-refractivity contribution in [3.05, 3.63) is 53.8 Å². The summed E-state index contributed by atoms with van der Waals surface area (Å²) < 4.78 is 23.7. The Morgan fingerprint density at radius 3 is 2.33 bits per heavy atom. The second-order valence-corrected chi connectivity index (χ2v) is 5.18. The van der Waals surface area contributed by atoms with E-state index in [1.807, 2.05) is 6.92 Å². The third kappa shape index (κ3) is 4.62. The van der Waals surface area contributed by atoms with E-state index < -0.39 is 0 Å². The summed E-state index contributed by atoms with van der Waals surface area (Å²) in [5.74, 6) is 0.845. The molecule has 2 aromatic carbocycles. The highest BCUT2D eigenvalue weighted by Crippen LogP contribution is 2.26. The Hall–Kier alpha value is -2.76. The average molecular weight is 332 g/mol. The molecule has 0 heterocycles. The lowest BCUT2D eigenvalue weighted by atomic mass is 10.2. The predicted molar refractivity (Wildman–Crippen MR) is 91.0 cm³/mol. The van der Waals surface area contributed by atoms with Crippen LogP contribution in [0.15, 0.2) is 42.5 Å². The Labute approximate surface area is 141 Å². The highest BCUT2D eigenvalue weighted by atomic mass is 19.1. The van der Waals surface area contributed by atoms with Crippen molar-refractivity contribution in [1.29, 1.82) is 0 Å². The van der Waals surface area contributed by atoms with Gasteiger partial charge in [-0.1, -0.05) is 12.1 Å². The second kappa shape index (κ2) is 8.19. The fourth-order valence-electron chi connectivity index (χ4n) is 2.27. The molecule has 6 heteroatoms. The number of carbonyl (C=O) groups is 1. The number of halogens is 1. The average Bonchev–Trinajstić information content (AvgIpc) is 2.59. The highest BCUT2D eigenvalue weighted by Gasteiger charge is 2.14. The van der Waals surface area contributed by atoms with Gasteiger partial charge in [-0.2, -0.15) is 0 Å². The fourth-order valence-corrected chi connectivity index (χ4v) is 2.27. The molecule has 2 rings (SSSR count). The zero-order valence-corrected chi connectivity index (χ0v) is 14.0. The molecule has 2 aromatic rings. The standard InChI is InChI=1S/C18H21FN2O3/c1-4-21(12-13-6-5-7-14(19)8-13)18(22)20-15-9-16(23-2)11-17(10-15)24-3/h5-11H,4,12H2,1-3H3,(H,20,22). The maximum atomic E-state index is 13.3. The molecule has 2 amide bonds. The number of carbonyl (C=O) groups excluding carboxylic acids is 1. The fraction of sp³-hybridized carbons (Fsp3) is 0.278. The number of nitrogens with zero attached hydrogens (tertiary/aromatic N) is 1. The lowest BCUT2D eigenvalue weighted by molar-refractivity contribution is 0.212. The van der Waals surface area contributed by atoms with E-state index in [9.17, 15) is 9.18 Å². The van der Waals surface area contributed by atoms with E-state index in [1.54, 1.807) is 49.5 Å². The van der Waals surface area contributed by atoms with Gasteiger partial charge in [-0.25, -0.2) is 9.18 Å². The van der Waals surface area contributed by atoms with E-state index in [1.165, 1.54) is 12.1 Å². The maximum Gasteiger partial charge on any atom is 0.322 e. The van der Waals surface area contributed by atoms with Crippen LogP contribution in [0.4, 0.5) is 14.9 Å². The van der Waals surface area contributed by atoms with Crippen molar-refractivity contribution in [3.8, 4) is 11.5 Å². The van der Waals surface area contributed by atoms with Crippen molar-refractivity contribution in [2.75, 3.05) is 26.1 Å². The van der Waals surface area contributed by atoms with Crippen LogP contribution in [0.5, 0.6) is 11.5 Å². The van der Waals surface area contributed by atoms with Gasteiger partial charge in [-0.3, -0.25) is 0 Å². The van der Waals surface area contributed by atoms with Crippen LogP contribution in [0, 0.1) is 5.82 Å². The number of methoxy groups -OCH3 is 2. The third-order valence-corrected chi connectivity index (χ3v) is 3.53. The van der Waals surface area contributed by atoms with Gasteiger partial charge in [-0.05, 0) is 24.6 Å². The Bertz CT molecular complexity index is 684. The van der Waals surface area contributed by atoms with Gasteiger partial charge in [0, 0.05) is 37.0 Å². The Morgan fingerprint density at radius 2 is 1.79 bits per heavy atom. The van der Waals surface area contributed by atoms with Crippen LogP contribution in [0.3, 0.4) is 0 Å². The second-order valence-electron chi connectivity index (χ2n) is 5.18. The van der Waals surface area contributed by atoms with Crippen LogP contribution in [-0.2, 0) is 6.54 Å². The van der Waals surface area contributed by atoms with Crippen LogP contribution >= 0.6 is 0 Å². The molecule has 0 unspecified atom stereocenters. The minimum Gasteiger partial charge on any atom is -0.497 e. The largest absolute Gasteiger partial charge is 0.497 e. The number of benzene rings is 2. The van der Waals surface area contributed by atoms with Gasteiger partial charge in [0.1, 0.15) is 17.3 Å². The van der Waals surface area contributed by atoms with Crippen molar-refractivity contribution in [1.82, 2.24) is 4.90 Å². The highest BCUT2D eigenvalue weighted by molar-refractivity contribution is 5.89. The molecule has 5 nitrogen and oxygen atoms in total. The maximum absolute atomic E-state index is 13.3. The summed E-state index contributed by atoms with van der Waals surface area (Å²) in [4.78, 5) is 14.1. The van der Waals surface area contributed by atoms with Gasteiger partial charge in [0.05, 0.1) is 14.2 Å². The van der Waals surface area contributed by atoms with Crippen molar-refractivity contribution in [2.45, 2.75) is 13.5 Å². The summed E-state index contributed by atoms with van der Waals surface area (Å²) in [6.07, 6.45) is 0. The molecule has 0 aliphatic rings. The van der Waals surface area contributed by atoms with E-state index in [0.717, 1.165) is 5.56 Å². The smallest absolute Gasteiger partial charge is 0.322 e. The molecular weight excluding hydrogens is 311 g/mol. The molecule has 0 radical (unpaired) electrons. The van der Waals surface area contributed by atoms with E-state index in [-0.39, 0.29) is 11.8 Å². The number of rotatable bonds is 6. The number of anilines is 1. The van der Waals surface area contributed by atoms with Crippen molar-refractivity contribution in [2.24, 2.45) is 0 Å². The van der Waals surface area contributed by atoms with Gasteiger partial charge >= 0.3 is 6.03 Å². The molecule has 0 fully saturated rings. The molecular formula is C18H21FN2O3. The summed E-state index contributed by atoms with van der Waals surface area (Å²) in [5.41, 5.74) is 1.30. The van der Waals surface area contributed by atoms with Crippen LogP contribution in [-0.4, -0.2) is 31.7 Å². The molecule has 0 aromatic heterocycles. The first-order valence-corrected chi connectivity index (χ1v) is 7.59. The monoisotopic (exact) mass is 332 g/mol. The Kier molecular flexibility index (Phi) is 6.01. The van der Waals surface area contributed by atoms with Gasteiger partial charge in [0.25, 0.3) is 0 Å². The lowest BCUT2D eigenvalue weighted by Gasteiger charge is -2.22. The summed E-state index contributed by atoms with van der Waals surface area (Å²) in [5, 5.41) is 2.81. The predicted octanol–water partition coefficient (Wildman–Crippen LogP) is 3.90. The zero-order valence-electron chi connectivity index (χ0n) is 14.0. The van der Waals surface area contributed by atoms with Crippen LogP contribution in [0.2, 0.25) is 0 Å². The number of urea groups is 1. The minimum atomic E-state index is -0.318. The lowest BCUT2D eigenvalue weighted by Crippen LogP contribution is -2.34. The van der Waals surface area contributed by atoms with E-state index in [4.69, 9.17) is 9.47 Å². The molecule has 0 atom stereocenters. The number of amides is 2. The molecule has 0 aliphatic carbocycles. The molecule has 0 aliphatic heterocycles. The summed E-state index contributed by atoms with van der Waals surface area (Å²) in [6.45, 7) is 2.68. The summed E-state index contributed by atoms with van der Waals surface area (Å²) in [7, 11) is 3.09. The first-order chi connectivity index (χ1) is 11.5. The first kappa shape index (κ1) is 17.6. The molecule has 0 spiro atoms. The van der Waals surface area contributed by atoms with E-state index in [0.29, 0.717) is 30.3 Å². The third-order valence-electron chi connectivity index (χ3n) is 3.53. The van der Waals surface area contributed by atoms with Gasteiger partial charge in [-0.15, -0.1) is 0 Å². The number of hydrogen-bond donors (Lipinski definition) is 1. The molecule has 24 heavy (non-hydrogen) atoms. The van der Waals surface area contributed by atoms with Crippen molar-refractivity contribution < 1.29 is 18.7 Å². The van der Waals surface area contributed by atoms with E-state index in [2.05, 4.69) is 5.32 Å². The summed E-state index contributed by atoms with van der Waals surface area (Å²) >= 11 is 0. The van der Waals surface area contributed by atoms with E-state index >= 15 is 0 Å². The number of nitrogens with one attached hydrogen (secondary N) is 1. The minimum absolute atomic E-state index is 0.280. The topological polar surface area (TPSA) is 50.8 Å². The van der Waals surface area contributed by atoms with Crippen molar-refractivity contribution >= 4 is 11.7 Å². The molecule has 128 valence electrons. The Morgan fingerprint density at radius 1 is 1.12 bits per heavy atom. The summed E-state index contributed by atoms with van der Waals surface area (Å²) in [6, 6.07) is 11.1. The Balaban J connectivity index is 2.11. The van der Waals surface area contributed by atoms with Crippen molar-refractivity contribution in [3.63, 3.8) is 0 Å². The molecule has 0 bridgehead atoms. The van der Waals surface area contributed by atoms with Crippen LogP contribution in [0.1, 0.15) is 12.5 Å². The number of hydrogen-bond acceptors (Lipinski definition) is 3. The van der Waals surface area contributed by atoms with Gasteiger partial charge in [0.15, 0.2) is 0 Å². The van der Waals surface area contributed by atoms with Crippen LogP contribution in [0.25, 0.3) is 0 Å².